The molecule has 6 nitrogen and oxygen atoms in total. The first-order valence-electron chi connectivity index (χ1n) is 8.47. The van der Waals surface area contributed by atoms with Crippen LogP contribution in [0.5, 0.6) is 0 Å². The van der Waals surface area contributed by atoms with Gasteiger partial charge in [0, 0.05) is 19.1 Å². The number of hydrogen-bond acceptors (Lipinski definition) is 5. The molecule has 0 bridgehead atoms. The fourth-order valence-electron chi connectivity index (χ4n) is 3.14. The van der Waals surface area contributed by atoms with E-state index in [9.17, 15) is 9.90 Å². The summed E-state index contributed by atoms with van der Waals surface area (Å²) in [6.45, 7) is 4.26. The number of nitrogens with zero attached hydrogens (tertiary/aromatic N) is 4. The molecule has 1 aliphatic rings. The van der Waals surface area contributed by atoms with Gasteiger partial charge in [-0.2, -0.15) is 5.10 Å². The van der Waals surface area contributed by atoms with Gasteiger partial charge in [0.15, 0.2) is 5.78 Å². The molecule has 1 heterocycles. The Morgan fingerprint density at radius 1 is 1.32 bits per heavy atom. The predicted octanol–water partition coefficient (Wildman–Crippen LogP) is 3.81. The van der Waals surface area contributed by atoms with Crippen LogP contribution in [0.1, 0.15) is 33.1 Å². The number of benzene rings is 1. The van der Waals surface area contributed by atoms with Crippen molar-refractivity contribution in [2.24, 2.45) is 16.8 Å². The third kappa shape index (κ3) is 4.21. The maximum absolute atomic E-state index is 12.3. The van der Waals surface area contributed by atoms with E-state index < -0.39 is 0 Å². The van der Waals surface area contributed by atoms with Gasteiger partial charge >= 0.3 is 0 Å². The lowest BCUT2D eigenvalue weighted by molar-refractivity contribution is -0.116. The van der Waals surface area contributed by atoms with Crippen LogP contribution in [-0.2, 0) is 4.79 Å². The molecule has 1 aliphatic carbocycles. The van der Waals surface area contributed by atoms with E-state index in [2.05, 4.69) is 28.9 Å². The molecule has 3 rings (SSSR count). The fourth-order valence-corrected chi connectivity index (χ4v) is 3.14. The summed E-state index contributed by atoms with van der Waals surface area (Å²) in [6, 6.07) is 7.41. The Hall–Kier alpha value is -2.76. The molecule has 0 spiro atoms. The normalized spacial score (nSPS) is 18.5. The van der Waals surface area contributed by atoms with Crippen LogP contribution in [-0.4, -0.2) is 31.9 Å². The van der Waals surface area contributed by atoms with Crippen molar-refractivity contribution in [3.05, 3.63) is 48.3 Å². The minimum atomic E-state index is -0.0302. The molecule has 6 heteroatoms. The van der Waals surface area contributed by atoms with Crippen molar-refractivity contribution < 1.29 is 9.90 Å². The topological polar surface area (TPSA) is 80.4 Å². The first-order chi connectivity index (χ1) is 12.0. The van der Waals surface area contributed by atoms with Crippen molar-refractivity contribution >= 4 is 17.7 Å². The molecule has 0 amide bonds. The molecular weight excluding hydrogens is 316 g/mol. The molecule has 1 N–H and O–H groups in total. The van der Waals surface area contributed by atoms with Crippen LogP contribution in [0.2, 0.25) is 0 Å². The molecule has 2 aromatic rings. The second kappa shape index (κ2) is 7.42. The first-order valence-corrected chi connectivity index (χ1v) is 8.47. The van der Waals surface area contributed by atoms with Crippen LogP contribution in [0.4, 0.5) is 5.69 Å². The average molecular weight is 338 g/mol. The van der Waals surface area contributed by atoms with Crippen molar-refractivity contribution in [1.82, 2.24) is 14.8 Å². The van der Waals surface area contributed by atoms with Crippen molar-refractivity contribution in [1.29, 1.82) is 0 Å². The molecule has 1 unspecified atom stereocenters. The summed E-state index contributed by atoms with van der Waals surface area (Å²) in [4.78, 5) is 20.5. The number of ketones is 1. The highest BCUT2D eigenvalue weighted by molar-refractivity contribution is 6.14. The van der Waals surface area contributed by atoms with Crippen LogP contribution in [0.25, 0.3) is 5.69 Å². The number of rotatable bonds is 5. The Morgan fingerprint density at radius 3 is 2.68 bits per heavy atom. The monoisotopic (exact) mass is 338 g/mol. The Balaban J connectivity index is 1.72. The number of allylic oxidation sites excluding steroid dienone is 2. The Morgan fingerprint density at radius 2 is 2.08 bits per heavy atom. The van der Waals surface area contributed by atoms with E-state index in [0.29, 0.717) is 30.0 Å². The maximum atomic E-state index is 12.3. The zero-order valence-corrected chi connectivity index (χ0v) is 14.5. The molecule has 25 heavy (non-hydrogen) atoms. The van der Waals surface area contributed by atoms with Gasteiger partial charge in [-0.1, -0.05) is 13.8 Å². The van der Waals surface area contributed by atoms with Gasteiger partial charge in [-0.05, 0) is 42.5 Å². The number of hydrogen-bond donors (Lipinski definition) is 1. The quantitative estimate of drug-likeness (QED) is 0.841. The Bertz CT molecular complexity index is 789. The van der Waals surface area contributed by atoms with Crippen molar-refractivity contribution in [2.45, 2.75) is 33.1 Å². The second-order valence-corrected chi connectivity index (χ2v) is 6.80. The lowest BCUT2D eigenvalue weighted by atomic mass is 9.82. The third-order valence-corrected chi connectivity index (χ3v) is 4.25. The van der Waals surface area contributed by atoms with Crippen LogP contribution < -0.4 is 0 Å². The minimum Gasteiger partial charge on any atom is -0.511 e. The van der Waals surface area contributed by atoms with Crippen molar-refractivity contribution in [3.8, 4) is 5.69 Å². The summed E-state index contributed by atoms with van der Waals surface area (Å²) >= 11 is 0. The van der Waals surface area contributed by atoms with Crippen LogP contribution >= 0.6 is 0 Å². The van der Waals surface area contributed by atoms with Gasteiger partial charge in [-0.3, -0.25) is 9.79 Å². The highest BCUT2D eigenvalue weighted by atomic mass is 16.3. The molecule has 130 valence electrons. The summed E-state index contributed by atoms with van der Waals surface area (Å²) in [5.41, 5.74) is 1.92. The summed E-state index contributed by atoms with van der Waals surface area (Å²) in [5, 5.41) is 14.3. The number of aromatic nitrogens is 3. The summed E-state index contributed by atoms with van der Waals surface area (Å²) in [6.07, 6.45) is 6.56. The molecule has 1 atom stereocenters. The fraction of sp³-hybridized carbons (Fsp3) is 0.368. The zero-order valence-electron chi connectivity index (χ0n) is 14.5. The van der Waals surface area contributed by atoms with Gasteiger partial charge in [-0.15, -0.1) is 0 Å². The smallest absolute Gasteiger partial charge is 0.168 e. The Labute approximate surface area is 146 Å². The SMILES string of the molecule is CC(C)CC1CC(=O)C(C=Nc2ccc(-n3cncn3)cc2)=C(O)C1. The van der Waals surface area contributed by atoms with E-state index in [1.165, 1.54) is 12.5 Å². The number of carbonyl (C=O) groups is 1. The number of Topliss-reactive ketones (excluding diaryl/α,β-unsaturated/α-hetero) is 1. The molecule has 0 fully saturated rings. The van der Waals surface area contributed by atoms with E-state index >= 15 is 0 Å². The van der Waals surface area contributed by atoms with Gasteiger partial charge in [-0.25, -0.2) is 9.67 Å². The number of aliphatic imine (C=N–C) groups is 1. The van der Waals surface area contributed by atoms with Gasteiger partial charge in [0.05, 0.1) is 16.9 Å². The lowest BCUT2D eigenvalue weighted by Crippen LogP contribution is -2.21. The molecule has 1 aromatic heterocycles. The summed E-state index contributed by atoms with van der Waals surface area (Å²) < 4.78 is 1.65. The van der Waals surface area contributed by atoms with Crippen molar-refractivity contribution in [2.75, 3.05) is 0 Å². The summed E-state index contributed by atoms with van der Waals surface area (Å²) in [5.74, 6) is 0.873. The minimum absolute atomic E-state index is 0.0302. The summed E-state index contributed by atoms with van der Waals surface area (Å²) in [7, 11) is 0. The molecule has 0 saturated carbocycles. The number of aliphatic hydroxyl groups excluding tert-OH is 1. The van der Waals surface area contributed by atoms with E-state index in [0.717, 1.165) is 12.1 Å². The van der Waals surface area contributed by atoms with E-state index in [1.807, 2.05) is 24.3 Å². The van der Waals surface area contributed by atoms with E-state index in [1.54, 1.807) is 11.0 Å². The highest BCUT2D eigenvalue weighted by Crippen LogP contribution is 2.30. The average Bonchev–Trinajstić information content (AvgIpc) is 3.08. The van der Waals surface area contributed by atoms with Crippen molar-refractivity contribution in [3.63, 3.8) is 0 Å². The molecule has 1 aromatic carbocycles. The highest BCUT2D eigenvalue weighted by Gasteiger charge is 2.27. The van der Waals surface area contributed by atoms with E-state index in [-0.39, 0.29) is 17.5 Å². The number of carbonyl (C=O) groups excluding carboxylic acids is 1. The Kier molecular flexibility index (Phi) is 5.07. The predicted molar refractivity (Wildman–Crippen MR) is 96.4 cm³/mol. The number of aliphatic hydroxyl groups is 1. The van der Waals surface area contributed by atoms with Gasteiger partial charge in [0.25, 0.3) is 0 Å². The second-order valence-electron chi connectivity index (χ2n) is 6.80. The molecule has 0 saturated heterocycles. The van der Waals surface area contributed by atoms with Gasteiger partial charge < -0.3 is 5.11 Å². The largest absolute Gasteiger partial charge is 0.511 e. The van der Waals surface area contributed by atoms with Gasteiger partial charge in [0.1, 0.15) is 18.4 Å². The molecular formula is C19H22N4O2. The first kappa shape index (κ1) is 17.1. The van der Waals surface area contributed by atoms with E-state index in [4.69, 9.17) is 0 Å². The van der Waals surface area contributed by atoms with Crippen LogP contribution in [0, 0.1) is 11.8 Å². The molecule has 0 aliphatic heterocycles. The zero-order chi connectivity index (χ0) is 17.8. The standard InChI is InChI=1S/C19H22N4O2/c1-13(2)7-14-8-18(24)17(19(25)9-14)10-21-15-3-5-16(6-4-15)23-12-20-11-22-23/h3-6,10-14,24H,7-9H2,1-2H3. The lowest BCUT2D eigenvalue weighted by Gasteiger charge is -2.23. The third-order valence-electron chi connectivity index (χ3n) is 4.25. The van der Waals surface area contributed by atoms with Crippen LogP contribution in [0.3, 0.4) is 0 Å². The molecule has 0 radical (unpaired) electrons. The van der Waals surface area contributed by atoms with Crippen LogP contribution in [0.15, 0.2) is 53.2 Å². The van der Waals surface area contributed by atoms with Gasteiger partial charge in [0.2, 0.25) is 0 Å². The maximum Gasteiger partial charge on any atom is 0.168 e.